The Kier molecular flexibility index (Phi) is 3.90. The average molecular weight is 151 g/mol. The average Bonchev–Trinajstić information content (AvgIpc) is 1.88. The van der Waals surface area contributed by atoms with E-state index in [1.54, 1.807) is 0 Å². The van der Waals surface area contributed by atoms with Gasteiger partial charge < -0.3 is 15.5 Å². The Morgan fingerprint density at radius 1 is 1.80 bits per heavy atom. The first-order chi connectivity index (χ1) is 4.63. The number of carbonyl (C=O) groups is 1. The minimum Gasteiger partial charge on any atom is -0.480 e. The molecular weight excluding hydrogens is 141 g/mol. The van der Waals surface area contributed by atoms with Gasteiger partial charge in [0.25, 0.3) is 0 Å². The summed E-state index contributed by atoms with van der Waals surface area (Å²) >= 11 is 0. The van der Waals surface area contributed by atoms with Crippen LogP contribution in [0.15, 0.2) is 0 Å². The van der Waals surface area contributed by atoms with Crippen LogP contribution in [-0.4, -0.2) is 42.1 Å². The maximum Gasteiger partial charge on any atom is 0.323 e. The molecule has 2 atom stereocenters. The first-order valence-electron chi connectivity index (χ1n) is 2.77. The summed E-state index contributed by atoms with van der Waals surface area (Å²) in [5.74, 6) is -1.26. The Balaban J connectivity index is 3.92. The maximum absolute atomic E-state index is 11.6. The second kappa shape index (κ2) is 4.19. The molecule has 5 heteroatoms. The Morgan fingerprint density at radius 2 is 2.30 bits per heavy atom. The van der Waals surface area contributed by atoms with Crippen molar-refractivity contribution in [3.05, 3.63) is 0 Å². The van der Waals surface area contributed by atoms with Crippen molar-refractivity contribution in [3.63, 3.8) is 0 Å². The number of hydrogen-bond acceptors (Lipinski definition) is 3. The molecule has 0 aromatic rings. The highest BCUT2D eigenvalue weighted by Crippen LogP contribution is 1.93. The molecule has 0 aliphatic carbocycles. The smallest absolute Gasteiger partial charge is 0.323 e. The van der Waals surface area contributed by atoms with Gasteiger partial charge in [-0.05, 0) is 7.05 Å². The van der Waals surface area contributed by atoms with E-state index in [4.69, 9.17) is 10.2 Å². The van der Waals surface area contributed by atoms with Crippen molar-refractivity contribution in [2.75, 3.05) is 13.7 Å². The van der Waals surface area contributed by atoms with Gasteiger partial charge in [-0.25, -0.2) is 4.39 Å². The minimum absolute atomic E-state index is 1.06. The molecule has 0 unspecified atom stereocenters. The quantitative estimate of drug-likeness (QED) is 0.481. The summed E-state index contributed by atoms with van der Waals surface area (Å²) in [7, 11) is 1.34. The van der Waals surface area contributed by atoms with Gasteiger partial charge in [-0.3, -0.25) is 4.79 Å². The van der Waals surface area contributed by atoms with E-state index in [-0.39, 0.29) is 0 Å². The standard InChI is InChI=1S/C5H10FNO3/c1-7-4(5(9)10)3(8)2-6/h3-4,7-8H,2H2,1H3,(H,9,10)/t3-,4+/m1/s1. The van der Waals surface area contributed by atoms with Crippen molar-refractivity contribution in [1.29, 1.82) is 0 Å². The lowest BCUT2D eigenvalue weighted by molar-refractivity contribution is -0.142. The molecule has 0 aliphatic rings. The van der Waals surface area contributed by atoms with Crippen molar-refractivity contribution in [1.82, 2.24) is 5.32 Å². The molecule has 0 spiro atoms. The van der Waals surface area contributed by atoms with Crippen molar-refractivity contribution in [2.24, 2.45) is 0 Å². The second-order valence-corrected chi connectivity index (χ2v) is 1.83. The highest BCUT2D eigenvalue weighted by Gasteiger charge is 2.23. The fourth-order valence-electron chi connectivity index (χ4n) is 0.570. The molecule has 0 saturated heterocycles. The van der Waals surface area contributed by atoms with E-state index < -0.39 is 24.8 Å². The van der Waals surface area contributed by atoms with Gasteiger partial charge in [0.15, 0.2) is 0 Å². The van der Waals surface area contributed by atoms with Crippen LogP contribution in [0.25, 0.3) is 0 Å². The molecule has 0 saturated carbocycles. The number of alkyl halides is 1. The van der Waals surface area contributed by atoms with Gasteiger partial charge in [-0.15, -0.1) is 0 Å². The largest absolute Gasteiger partial charge is 0.480 e. The van der Waals surface area contributed by atoms with Crippen molar-refractivity contribution in [2.45, 2.75) is 12.1 Å². The van der Waals surface area contributed by atoms with E-state index in [1.807, 2.05) is 0 Å². The van der Waals surface area contributed by atoms with Gasteiger partial charge in [-0.2, -0.15) is 0 Å². The van der Waals surface area contributed by atoms with Crippen LogP contribution >= 0.6 is 0 Å². The molecule has 10 heavy (non-hydrogen) atoms. The number of nitrogens with one attached hydrogen (secondary N) is 1. The fourth-order valence-corrected chi connectivity index (χ4v) is 0.570. The third kappa shape index (κ3) is 2.28. The van der Waals surface area contributed by atoms with Crippen LogP contribution < -0.4 is 5.32 Å². The first-order valence-corrected chi connectivity index (χ1v) is 2.77. The fraction of sp³-hybridized carbons (Fsp3) is 0.800. The Labute approximate surface area is 57.7 Å². The summed E-state index contributed by atoms with van der Waals surface area (Å²) in [6.07, 6.45) is -1.47. The number of carboxylic acids is 1. The number of carboxylic acid groups (broad SMARTS) is 1. The minimum atomic E-state index is -1.47. The summed E-state index contributed by atoms with van der Waals surface area (Å²) in [6, 6.07) is -1.22. The number of aliphatic hydroxyl groups is 1. The zero-order valence-electron chi connectivity index (χ0n) is 5.54. The van der Waals surface area contributed by atoms with E-state index in [2.05, 4.69) is 5.32 Å². The van der Waals surface area contributed by atoms with E-state index >= 15 is 0 Å². The third-order valence-electron chi connectivity index (χ3n) is 1.12. The number of likely N-dealkylation sites (N-methyl/N-ethyl adjacent to an activating group) is 1. The van der Waals surface area contributed by atoms with Gasteiger partial charge >= 0.3 is 5.97 Å². The lowest BCUT2D eigenvalue weighted by Gasteiger charge is -2.14. The topological polar surface area (TPSA) is 69.6 Å². The van der Waals surface area contributed by atoms with Crippen LogP contribution in [0, 0.1) is 0 Å². The summed E-state index contributed by atoms with van der Waals surface area (Å²) in [6.45, 7) is -1.06. The lowest BCUT2D eigenvalue weighted by atomic mass is 10.2. The molecule has 0 rings (SSSR count). The summed E-state index contributed by atoms with van der Waals surface area (Å²) in [4.78, 5) is 10.1. The van der Waals surface area contributed by atoms with Gasteiger partial charge in [0.2, 0.25) is 0 Å². The van der Waals surface area contributed by atoms with E-state index in [0.717, 1.165) is 0 Å². The molecule has 4 nitrogen and oxygen atoms in total. The number of halogens is 1. The van der Waals surface area contributed by atoms with Crippen LogP contribution in [0.1, 0.15) is 0 Å². The van der Waals surface area contributed by atoms with Gasteiger partial charge in [-0.1, -0.05) is 0 Å². The Bertz CT molecular complexity index is 119. The molecule has 0 heterocycles. The predicted molar refractivity (Wildman–Crippen MR) is 32.5 cm³/mol. The Morgan fingerprint density at radius 3 is 2.40 bits per heavy atom. The van der Waals surface area contributed by atoms with Crippen molar-refractivity contribution < 1.29 is 19.4 Å². The summed E-state index contributed by atoms with van der Waals surface area (Å²) in [5.41, 5.74) is 0. The maximum atomic E-state index is 11.6. The van der Waals surface area contributed by atoms with E-state index in [0.29, 0.717) is 0 Å². The Hall–Kier alpha value is -0.680. The SMILES string of the molecule is CN[C@H](C(=O)O)[C@H](O)CF. The zero-order valence-corrected chi connectivity index (χ0v) is 5.54. The molecule has 0 fully saturated rings. The molecule has 0 aromatic carbocycles. The third-order valence-corrected chi connectivity index (χ3v) is 1.12. The molecule has 60 valence electrons. The summed E-state index contributed by atoms with van der Waals surface area (Å²) in [5, 5.41) is 19.2. The summed E-state index contributed by atoms with van der Waals surface area (Å²) < 4.78 is 11.6. The van der Waals surface area contributed by atoms with Crippen LogP contribution in [0.5, 0.6) is 0 Å². The van der Waals surface area contributed by atoms with Crippen LogP contribution in [-0.2, 0) is 4.79 Å². The molecular formula is C5H10FNO3. The molecule has 0 amide bonds. The number of aliphatic carboxylic acids is 1. The highest BCUT2D eigenvalue weighted by atomic mass is 19.1. The lowest BCUT2D eigenvalue weighted by Crippen LogP contribution is -2.45. The molecule has 3 N–H and O–H groups in total. The predicted octanol–water partition coefficient (Wildman–Crippen LogP) is -1.01. The molecule has 0 aliphatic heterocycles. The van der Waals surface area contributed by atoms with Gasteiger partial charge in [0.05, 0.1) is 0 Å². The van der Waals surface area contributed by atoms with E-state index in [1.165, 1.54) is 7.05 Å². The van der Waals surface area contributed by atoms with Gasteiger partial charge in [0.1, 0.15) is 18.8 Å². The second-order valence-electron chi connectivity index (χ2n) is 1.83. The monoisotopic (exact) mass is 151 g/mol. The highest BCUT2D eigenvalue weighted by molar-refractivity contribution is 5.74. The van der Waals surface area contributed by atoms with E-state index in [9.17, 15) is 9.18 Å². The first kappa shape index (κ1) is 9.32. The normalized spacial score (nSPS) is 16.3. The zero-order chi connectivity index (χ0) is 8.15. The van der Waals surface area contributed by atoms with Crippen LogP contribution in [0.4, 0.5) is 4.39 Å². The van der Waals surface area contributed by atoms with Crippen LogP contribution in [0.2, 0.25) is 0 Å². The number of hydrogen-bond donors (Lipinski definition) is 3. The van der Waals surface area contributed by atoms with Gasteiger partial charge in [0, 0.05) is 0 Å². The number of aliphatic hydroxyl groups excluding tert-OH is 1. The van der Waals surface area contributed by atoms with Crippen molar-refractivity contribution in [3.8, 4) is 0 Å². The number of rotatable bonds is 4. The van der Waals surface area contributed by atoms with Crippen LogP contribution in [0.3, 0.4) is 0 Å². The molecule has 0 radical (unpaired) electrons. The molecule has 0 bridgehead atoms. The molecule has 0 aromatic heterocycles. The van der Waals surface area contributed by atoms with Crippen molar-refractivity contribution >= 4 is 5.97 Å².